The van der Waals surface area contributed by atoms with E-state index in [1.807, 2.05) is 32.2 Å². The van der Waals surface area contributed by atoms with Crippen LogP contribution in [0.4, 0.5) is 16.4 Å². The Kier molecular flexibility index (Phi) is 9.14. The molecule has 0 unspecified atom stereocenters. The number of hydrogen-bond donors (Lipinski definition) is 2. The average Bonchev–Trinajstić information content (AvgIpc) is 3.33. The SMILES string of the molecule is C[C@@H]1CN(c2nccc(CNc3ccnc4c3c(C3=CCOCC3)cn4COCC[Si](C)(C)C)n2)C[C@H](C)N1C(=O)O. The van der Waals surface area contributed by atoms with E-state index >= 15 is 0 Å². The van der Waals surface area contributed by atoms with Gasteiger partial charge < -0.3 is 29.4 Å². The molecule has 0 saturated carbocycles. The van der Waals surface area contributed by atoms with Gasteiger partial charge in [0.25, 0.3) is 0 Å². The van der Waals surface area contributed by atoms with Crippen LogP contribution in [-0.2, 0) is 22.7 Å². The number of carboxylic acid groups (broad SMARTS) is 1. The van der Waals surface area contributed by atoms with Crippen LogP contribution in [0.1, 0.15) is 31.5 Å². The van der Waals surface area contributed by atoms with Crippen molar-refractivity contribution in [2.24, 2.45) is 0 Å². The molecule has 2 aliphatic heterocycles. The molecule has 0 spiro atoms. The summed E-state index contributed by atoms with van der Waals surface area (Å²) in [5.41, 5.74) is 5.14. The molecular formula is C30H43N7O4Si. The van der Waals surface area contributed by atoms with E-state index in [0.29, 0.717) is 45.5 Å². The number of nitrogens with zero attached hydrogens (tertiary/aromatic N) is 6. The highest BCUT2D eigenvalue weighted by Crippen LogP contribution is 2.35. The third-order valence-corrected chi connectivity index (χ3v) is 9.58. The van der Waals surface area contributed by atoms with Crippen molar-refractivity contribution in [3.05, 3.63) is 48.1 Å². The van der Waals surface area contributed by atoms with Gasteiger partial charge in [-0.3, -0.25) is 4.90 Å². The summed E-state index contributed by atoms with van der Waals surface area (Å²) in [7, 11) is -1.17. The monoisotopic (exact) mass is 593 g/mol. The number of nitrogens with one attached hydrogen (secondary N) is 1. The van der Waals surface area contributed by atoms with Gasteiger partial charge in [0.2, 0.25) is 5.95 Å². The molecule has 2 atom stereocenters. The highest BCUT2D eigenvalue weighted by molar-refractivity contribution is 6.76. The molecular weight excluding hydrogens is 550 g/mol. The number of fused-ring (bicyclic) bond motifs is 1. The van der Waals surface area contributed by atoms with E-state index in [2.05, 4.69) is 51.7 Å². The number of pyridine rings is 1. The van der Waals surface area contributed by atoms with Gasteiger partial charge in [-0.2, -0.15) is 0 Å². The number of hydrogen-bond acceptors (Lipinski definition) is 8. The van der Waals surface area contributed by atoms with E-state index in [1.54, 1.807) is 6.20 Å². The minimum atomic E-state index is -1.17. The summed E-state index contributed by atoms with van der Waals surface area (Å²) in [6.45, 7) is 15.1. The number of aromatic nitrogens is 4. The van der Waals surface area contributed by atoms with Gasteiger partial charge >= 0.3 is 6.09 Å². The quantitative estimate of drug-likeness (QED) is 0.244. The Bertz CT molecular complexity index is 1420. The zero-order valence-electron chi connectivity index (χ0n) is 25.3. The standard InChI is InChI=1S/C30H43N7O4Si/c1-21-17-35(18-22(2)37(21)30(38)39)29-32-10-6-24(34-29)16-33-26-7-11-31-28-27(26)25(23-8-12-40-13-9-23)19-36(28)20-41-14-15-42(3,4)5/h6-8,10-11,19,21-22H,9,12-18,20H2,1-5H3,(H,31,33)(H,38,39)/t21-,22+. The molecule has 0 bridgehead atoms. The topological polar surface area (TPSA) is 118 Å². The maximum absolute atomic E-state index is 11.7. The summed E-state index contributed by atoms with van der Waals surface area (Å²) in [6, 6.07) is 4.75. The molecule has 2 aliphatic rings. The van der Waals surface area contributed by atoms with Crippen molar-refractivity contribution < 1.29 is 19.4 Å². The lowest BCUT2D eigenvalue weighted by Gasteiger charge is -2.42. The van der Waals surface area contributed by atoms with Crippen LogP contribution in [0.25, 0.3) is 16.6 Å². The fourth-order valence-electron chi connectivity index (χ4n) is 5.70. The first kappa shape index (κ1) is 30.0. The first-order valence-electron chi connectivity index (χ1n) is 14.8. The van der Waals surface area contributed by atoms with E-state index in [1.165, 1.54) is 10.5 Å². The van der Waals surface area contributed by atoms with E-state index in [0.717, 1.165) is 47.0 Å². The molecule has 1 fully saturated rings. The average molecular weight is 594 g/mol. The second-order valence-corrected chi connectivity index (χ2v) is 18.1. The number of carbonyl (C=O) groups is 1. The second-order valence-electron chi connectivity index (χ2n) is 12.5. The number of ether oxygens (including phenoxy) is 2. The van der Waals surface area contributed by atoms with Crippen molar-refractivity contribution in [2.45, 2.75) is 71.3 Å². The molecule has 3 aromatic heterocycles. The van der Waals surface area contributed by atoms with E-state index < -0.39 is 14.2 Å². The van der Waals surface area contributed by atoms with Crippen molar-refractivity contribution in [3.63, 3.8) is 0 Å². The normalized spacial score (nSPS) is 19.7. The van der Waals surface area contributed by atoms with Gasteiger partial charge in [-0.05, 0) is 44.0 Å². The van der Waals surface area contributed by atoms with Gasteiger partial charge in [-0.15, -0.1) is 0 Å². The molecule has 12 heteroatoms. The fraction of sp³-hybridized carbons (Fsp3) is 0.533. The summed E-state index contributed by atoms with van der Waals surface area (Å²) in [5, 5.41) is 14.2. The number of piperazine rings is 1. The van der Waals surface area contributed by atoms with Crippen LogP contribution < -0.4 is 10.2 Å². The maximum Gasteiger partial charge on any atom is 0.407 e. The molecule has 3 aromatic rings. The zero-order valence-corrected chi connectivity index (χ0v) is 26.3. The van der Waals surface area contributed by atoms with Gasteiger partial charge in [0.1, 0.15) is 12.4 Å². The number of amides is 1. The van der Waals surface area contributed by atoms with Gasteiger partial charge in [0, 0.05) is 63.0 Å². The molecule has 1 amide bonds. The first-order chi connectivity index (χ1) is 20.1. The lowest BCUT2D eigenvalue weighted by molar-refractivity contribution is 0.0898. The Morgan fingerprint density at radius 1 is 1.17 bits per heavy atom. The molecule has 1 saturated heterocycles. The Morgan fingerprint density at radius 2 is 1.93 bits per heavy atom. The summed E-state index contributed by atoms with van der Waals surface area (Å²) >= 11 is 0. The largest absolute Gasteiger partial charge is 0.465 e. The van der Waals surface area contributed by atoms with Gasteiger partial charge in [-0.25, -0.2) is 19.7 Å². The van der Waals surface area contributed by atoms with Crippen molar-refractivity contribution in [1.82, 2.24) is 24.4 Å². The highest BCUT2D eigenvalue weighted by atomic mass is 28.3. The Hall–Kier alpha value is -3.48. The first-order valence-corrected chi connectivity index (χ1v) is 18.5. The molecule has 5 heterocycles. The molecule has 11 nitrogen and oxygen atoms in total. The van der Waals surface area contributed by atoms with E-state index in [9.17, 15) is 9.90 Å². The number of anilines is 2. The molecule has 5 rings (SSSR count). The third-order valence-electron chi connectivity index (χ3n) is 7.88. The molecule has 2 N–H and O–H groups in total. The zero-order chi connectivity index (χ0) is 29.9. The van der Waals surface area contributed by atoms with E-state index in [-0.39, 0.29) is 12.1 Å². The van der Waals surface area contributed by atoms with Crippen molar-refractivity contribution in [3.8, 4) is 0 Å². The lowest BCUT2D eigenvalue weighted by Crippen LogP contribution is -2.58. The predicted octanol–water partition coefficient (Wildman–Crippen LogP) is 5.13. The van der Waals surface area contributed by atoms with Crippen molar-refractivity contribution in [2.75, 3.05) is 43.1 Å². The summed E-state index contributed by atoms with van der Waals surface area (Å²) in [5.74, 6) is 0.618. The third kappa shape index (κ3) is 6.93. The van der Waals surface area contributed by atoms with Crippen LogP contribution >= 0.6 is 0 Å². The van der Waals surface area contributed by atoms with Gasteiger partial charge in [0.15, 0.2) is 0 Å². The highest BCUT2D eigenvalue weighted by Gasteiger charge is 2.33. The van der Waals surface area contributed by atoms with Crippen LogP contribution in [-0.4, -0.2) is 88.7 Å². The van der Waals surface area contributed by atoms with Crippen LogP contribution in [0.5, 0.6) is 0 Å². The fourth-order valence-corrected chi connectivity index (χ4v) is 6.46. The Labute approximate surface area is 248 Å². The predicted molar refractivity (Wildman–Crippen MR) is 168 cm³/mol. The van der Waals surface area contributed by atoms with Crippen LogP contribution in [0, 0.1) is 0 Å². The lowest BCUT2D eigenvalue weighted by atomic mass is 10.0. The maximum atomic E-state index is 11.7. The molecule has 0 aliphatic carbocycles. The molecule has 42 heavy (non-hydrogen) atoms. The molecule has 0 radical (unpaired) electrons. The van der Waals surface area contributed by atoms with Gasteiger partial charge in [-0.1, -0.05) is 25.7 Å². The smallest absolute Gasteiger partial charge is 0.407 e. The summed E-state index contributed by atoms with van der Waals surface area (Å²) in [6.07, 6.45) is 7.89. The number of rotatable bonds is 10. The summed E-state index contributed by atoms with van der Waals surface area (Å²) < 4.78 is 13.8. The van der Waals surface area contributed by atoms with Crippen LogP contribution in [0.2, 0.25) is 25.7 Å². The van der Waals surface area contributed by atoms with Gasteiger partial charge in [0.05, 0.1) is 37.5 Å². The van der Waals surface area contributed by atoms with E-state index in [4.69, 9.17) is 19.4 Å². The van der Waals surface area contributed by atoms with Crippen LogP contribution in [0.3, 0.4) is 0 Å². The minimum Gasteiger partial charge on any atom is -0.465 e. The second kappa shape index (κ2) is 12.8. The Morgan fingerprint density at radius 3 is 2.62 bits per heavy atom. The minimum absolute atomic E-state index is 0.150. The Balaban J connectivity index is 1.36. The molecule has 226 valence electrons. The summed E-state index contributed by atoms with van der Waals surface area (Å²) in [4.78, 5) is 29.4. The molecule has 0 aromatic carbocycles. The van der Waals surface area contributed by atoms with Crippen LogP contribution in [0.15, 0.2) is 36.8 Å². The van der Waals surface area contributed by atoms with Crippen molar-refractivity contribution in [1.29, 1.82) is 0 Å². The van der Waals surface area contributed by atoms with Crippen molar-refractivity contribution >= 4 is 42.4 Å².